The van der Waals surface area contributed by atoms with Crippen LogP contribution in [0.4, 0.5) is 0 Å². The lowest BCUT2D eigenvalue weighted by Crippen LogP contribution is -2.47. The molecule has 0 spiro atoms. The summed E-state index contributed by atoms with van der Waals surface area (Å²) in [6.45, 7) is 26.4. The lowest BCUT2D eigenvalue weighted by molar-refractivity contribution is 0.247. The van der Waals surface area contributed by atoms with Gasteiger partial charge >= 0.3 is 0 Å². The Kier molecular flexibility index (Phi) is 37.1. The van der Waals surface area contributed by atoms with Crippen LogP contribution in [-0.4, -0.2) is 144 Å². The Hall–Kier alpha value is -2.19. The van der Waals surface area contributed by atoms with Gasteiger partial charge in [-0.2, -0.15) is 0 Å². The molecule has 0 atom stereocenters. The van der Waals surface area contributed by atoms with E-state index in [2.05, 4.69) is 92.0 Å². The van der Waals surface area contributed by atoms with E-state index < -0.39 is 0 Å². The molecule has 9 heteroatoms. The van der Waals surface area contributed by atoms with Crippen molar-refractivity contribution < 1.29 is 0 Å². The van der Waals surface area contributed by atoms with Gasteiger partial charge in [0.1, 0.15) is 0 Å². The highest BCUT2D eigenvalue weighted by Crippen LogP contribution is 2.26. The molecule has 9 nitrogen and oxygen atoms in total. The molecule has 1 heterocycles. The van der Waals surface area contributed by atoms with Crippen molar-refractivity contribution in [3.05, 3.63) is 0 Å². The largest absolute Gasteiger partial charge is 0.346 e. The molecule has 0 bridgehead atoms. The highest BCUT2D eigenvalue weighted by Gasteiger charge is 2.26. The van der Waals surface area contributed by atoms with Gasteiger partial charge in [0.2, 0.25) is 0 Å². The average Bonchev–Trinajstić information content (AvgIpc) is 3.35. The van der Waals surface area contributed by atoms with Crippen molar-refractivity contribution in [1.82, 2.24) is 29.4 Å². The fourth-order valence-corrected chi connectivity index (χ4v) is 11.0. The van der Waals surface area contributed by atoms with E-state index in [4.69, 9.17) is 15.0 Å². The van der Waals surface area contributed by atoms with Crippen molar-refractivity contribution in [2.75, 3.05) is 73.0 Å². The summed E-state index contributed by atoms with van der Waals surface area (Å²) in [5.74, 6) is 3.91. The molecule has 67 heavy (non-hydrogen) atoms. The van der Waals surface area contributed by atoms with Crippen molar-refractivity contribution in [3.8, 4) is 0 Å². The summed E-state index contributed by atoms with van der Waals surface area (Å²) in [5.41, 5.74) is 0. The van der Waals surface area contributed by atoms with Crippen LogP contribution < -0.4 is 0 Å². The first kappa shape index (κ1) is 62.8. The molecule has 0 aromatic heterocycles. The van der Waals surface area contributed by atoms with E-state index in [9.17, 15) is 0 Å². The van der Waals surface area contributed by atoms with Gasteiger partial charge in [-0.3, -0.25) is 0 Å². The molecule has 396 valence electrons. The zero-order chi connectivity index (χ0) is 46.9. The summed E-state index contributed by atoms with van der Waals surface area (Å²) in [7, 11) is 4.54. The fraction of sp³-hybridized carbons (Fsp3) is 0.948. The van der Waals surface area contributed by atoms with Crippen molar-refractivity contribution in [3.63, 3.8) is 0 Å². The number of unbranched alkanes of at least 4 members (excludes halogenated alkanes) is 2. The van der Waals surface area contributed by atoms with Gasteiger partial charge in [0.25, 0.3) is 0 Å². The molecule has 0 aromatic rings. The van der Waals surface area contributed by atoms with Gasteiger partial charge in [0, 0.05) is 79.0 Å². The topological polar surface area (TPSA) is 56.5 Å². The number of nitrogens with zero attached hydrogens (tertiary/aromatic N) is 9. The summed E-state index contributed by atoms with van der Waals surface area (Å²) in [6.07, 6.45) is 41.1. The molecular weight excluding hydrogens is 823 g/mol. The Bertz CT molecular complexity index is 1190. The van der Waals surface area contributed by atoms with E-state index >= 15 is 0 Å². The molecule has 5 aliphatic rings. The zero-order valence-corrected chi connectivity index (χ0v) is 45.1. The van der Waals surface area contributed by atoms with Gasteiger partial charge in [0.15, 0.2) is 17.9 Å². The normalized spacial score (nSPS) is 19.1. The second-order valence-electron chi connectivity index (χ2n) is 20.8. The first-order valence-corrected chi connectivity index (χ1v) is 29.0. The monoisotopic (exact) mass is 942 g/mol. The van der Waals surface area contributed by atoms with Crippen LogP contribution in [-0.2, 0) is 0 Å². The van der Waals surface area contributed by atoms with Crippen LogP contribution in [0.25, 0.3) is 0 Å². The molecule has 0 aromatic carbocycles. The Morgan fingerprint density at radius 2 is 0.776 bits per heavy atom. The molecular formula is C58H119N9. The second kappa shape index (κ2) is 39.5. The predicted molar refractivity (Wildman–Crippen MR) is 300 cm³/mol. The first-order valence-electron chi connectivity index (χ1n) is 29.0. The van der Waals surface area contributed by atoms with Crippen molar-refractivity contribution in [1.29, 1.82) is 0 Å². The molecule has 1 aliphatic heterocycles. The molecule has 0 N–H and O–H groups in total. The van der Waals surface area contributed by atoms with Gasteiger partial charge < -0.3 is 29.4 Å². The molecule has 0 unspecified atom stereocenters. The molecule has 5 fully saturated rings. The van der Waals surface area contributed by atoms with Crippen LogP contribution in [0.3, 0.4) is 0 Å². The smallest absolute Gasteiger partial charge is 0.196 e. The maximum atomic E-state index is 5.28. The minimum atomic E-state index is 0. The van der Waals surface area contributed by atoms with Gasteiger partial charge in [-0.15, -0.1) is 0 Å². The Balaban J connectivity index is 0.000000495. The number of piperidine rings is 1. The Morgan fingerprint density at radius 1 is 0.403 bits per heavy atom. The number of rotatable bonds is 19. The van der Waals surface area contributed by atoms with Crippen molar-refractivity contribution in [2.24, 2.45) is 15.0 Å². The molecule has 4 aliphatic carbocycles. The van der Waals surface area contributed by atoms with Gasteiger partial charge in [-0.1, -0.05) is 146 Å². The minimum Gasteiger partial charge on any atom is -0.346 e. The van der Waals surface area contributed by atoms with Crippen LogP contribution in [0, 0.1) is 0 Å². The molecule has 0 radical (unpaired) electrons. The summed E-state index contributed by atoms with van der Waals surface area (Å²) in [4.78, 5) is 30.9. The zero-order valence-electron chi connectivity index (χ0n) is 45.1. The minimum absolute atomic E-state index is 0. The number of guanidine groups is 3. The Morgan fingerprint density at radius 3 is 1.18 bits per heavy atom. The number of aliphatic imine (C=N–C) groups is 3. The third-order valence-electron chi connectivity index (χ3n) is 14.9. The summed E-state index contributed by atoms with van der Waals surface area (Å²) in [6, 6.07) is 2.43. The third kappa shape index (κ3) is 24.5. The van der Waals surface area contributed by atoms with E-state index in [1.165, 1.54) is 237 Å². The van der Waals surface area contributed by atoms with E-state index in [0.29, 0.717) is 24.2 Å². The van der Waals surface area contributed by atoms with E-state index in [-0.39, 0.29) is 14.9 Å². The van der Waals surface area contributed by atoms with Crippen molar-refractivity contribution >= 4 is 17.9 Å². The van der Waals surface area contributed by atoms with Gasteiger partial charge in [-0.05, 0) is 116 Å². The molecule has 5 rings (SSSR count). The number of hydrogen-bond acceptors (Lipinski definition) is 3. The van der Waals surface area contributed by atoms with Gasteiger partial charge in [0.05, 0.1) is 18.1 Å². The van der Waals surface area contributed by atoms with Crippen LogP contribution >= 0.6 is 0 Å². The standard InChI is InChI=1S/C19H37N3.C19H39N3.C18H35N3.2CH4/c1-4-5-16-21(2)19(20-17-12-8-6-9-13-17)22(3)18-14-10-7-11-15-18;1-5-14-21(15-6-2)19(22(16-7-3)17-8-4)20-18-12-10-9-11-13-18;1-3-5-14-20(4-2)18(21-15-10-7-11-16-21)19-17-12-8-6-9-13-17;;/h17-18H,4-16H2,1-3H3;18H,5-17H2,1-4H3;17H,3-16H2,1-2H3;2*1H4. The van der Waals surface area contributed by atoms with Crippen molar-refractivity contribution in [2.45, 2.75) is 287 Å². The number of likely N-dealkylation sites (tertiary alicyclic amines) is 1. The van der Waals surface area contributed by atoms with Crippen LogP contribution in [0.5, 0.6) is 0 Å². The molecule has 4 saturated carbocycles. The Labute approximate surface area is 420 Å². The maximum absolute atomic E-state index is 5.28. The predicted octanol–water partition coefficient (Wildman–Crippen LogP) is 15.1. The lowest BCUT2D eigenvalue weighted by Gasteiger charge is -2.38. The third-order valence-corrected chi connectivity index (χ3v) is 14.9. The van der Waals surface area contributed by atoms with Crippen LogP contribution in [0.15, 0.2) is 15.0 Å². The molecule has 0 amide bonds. The number of hydrogen-bond donors (Lipinski definition) is 0. The van der Waals surface area contributed by atoms with Crippen LogP contribution in [0.1, 0.15) is 262 Å². The average molecular weight is 943 g/mol. The summed E-state index contributed by atoms with van der Waals surface area (Å²) in [5, 5.41) is 0. The highest BCUT2D eigenvalue weighted by atomic mass is 15.4. The van der Waals surface area contributed by atoms with Gasteiger partial charge in [-0.25, -0.2) is 15.0 Å². The molecule has 1 saturated heterocycles. The second-order valence-corrected chi connectivity index (χ2v) is 20.8. The summed E-state index contributed by atoms with van der Waals surface area (Å²) < 4.78 is 0. The lowest BCUT2D eigenvalue weighted by atomic mass is 9.94. The van der Waals surface area contributed by atoms with E-state index in [0.717, 1.165) is 39.3 Å². The van der Waals surface area contributed by atoms with E-state index in [1.807, 2.05) is 0 Å². The fourth-order valence-electron chi connectivity index (χ4n) is 11.0. The first-order chi connectivity index (χ1) is 31.8. The maximum Gasteiger partial charge on any atom is 0.196 e. The van der Waals surface area contributed by atoms with Crippen LogP contribution in [0.2, 0.25) is 0 Å². The quantitative estimate of drug-likeness (QED) is 0.0950. The highest BCUT2D eigenvalue weighted by molar-refractivity contribution is 5.81. The summed E-state index contributed by atoms with van der Waals surface area (Å²) >= 11 is 0. The SMILES string of the molecule is C.C.CCCCN(C)C(=NC1CCCCC1)N(C)C1CCCCC1.CCCCN(CC)C(=NC1CCCCC1)N1CCCCC1.CCCN(CCC)C(=NC1CCCCC1)N(CCC)CCC. The van der Waals surface area contributed by atoms with E-state index in [1.54, 1.807) is 0 Å².